The number of non-ortho nitro benzene ring substituents is 1. The SMILES string of the molecule is O=C(NC1CCC(Oc2ncc(Cl)cn2)CC1)c1cccc([N+](=O)[O-])c1. The third-order valence-electron chi connectivity index (χ3n) is 4.20. The van der Waals surface area contributed by atoms with E-state index in [1.54, 1.807) is 6.07 Å². The molecule has 0 unspecified atom stereocenters. The van der Waals surface area contributed by atoms with Gasteiger partial charge in [-0.2, -0.15) is 0 Å². The monoisotopic (exact) mass is 376 g/mol. The number of nitro groups is 1. The van der Waals surface area contributed by atoms with Gasteiger partial charge in [0.25, 0.3) is 11.6 Å². The lowest BCUT2D eigenvalue weighted by atomic mass is 9.92. The summed E-state index contributed by atoms with van der Waals surface area (Å²) in [6, 6.07) is 6.00. The highest BCUT2D eigenvalue weighted by Crippen LogP contribution is 2.23. The number of rotatable bonds is 5. The van der Waals surface area contributed by atoms with Gasteiger partial charge in [0.2, 0.25) is 0 Å². The van der Waals surface area contributed by atoms with E-state index in [1.807, 2.05) is 0 Å². The van der Waals surface area contributed by atoms with Gasteiger partial charge in [0.15, 0.2) is 0 Å². The highest BCUT2D eigenvalue weighted by Gasteiger charge is 2.25. The summed E-state index contributed by atoms with van der Waals surface area (Å²) in [7, 11) is 0. The Morgan fingerprint density at radius 3 is 2.58 bits per heavy atom. The Labute approximate surface area is 154 Å². The molecule has 3 rings (SSSR count). The Morgan fingerprint density at radius 1 is 1.23 bits per heavy atom. The number of ether oxygens (including phenoxy) is 1. The summed E-state index contributed by atoms with van der Waals surface area (Å²) in [6.07, 6.45) is 5.96. The van der Waals surface area contributed by atoms with Gasteiger partial charge in [-0.25, -0.2) is 9.97 Å². The highest BCUT2D eigenvalue weighted by molar-refractivity contribution is 6.30. The molecule has 2 aromatic rings. The molecule has 0 aliphatic heterocycles. The zero-order valence-electron chi connectivity index (χ0n) is 13.8. The Bertz CT molecular complexity index is 792. The molecule has 1 aliphatic carbocycles. The van der Waals surface area contributed by atoms with Gasteiger partial charge in [0.05, 0.1) is 22.3 Å². The number of aromatic nitrogens is 2. The van der Waals surface area contributed by atoms with Gasteiger partial charge >= 0.3 is 6.01 Å². The van der Waals surface area contributed by atoms with Crippen molar-refractivity contribution in [2.45, 2.75) is 37.8 Å². The van der Waals surface area contributed by atoms with Crippen molar-refractivity contribution in [1.82, 2.24) is 15.3 Å². The van der Waals surface area contributed by atoms with Gasteiger partial charge in [-0.3, -0.25) is 14.9 Å². The van der Waals surface area contributed by atoms with Crippen LogP contribution in [0.1, 0.15) is 36.0 Å². The second-order valence-corrected chi connectivity index (χ2v) is 6.49. The van der Waals surface area contributed by atoms with Crippen LogP contribution in [0.3, 0.4) is 0 Å². The molecule has 8 nitrogen and oxygen atoms in total. The fraction of sp³-hybridized carbons (Fsp3) is 0.353. The van der Waals surface area contributed by atoms with E-state index < -0.39 is 4.92 Å². The molecule has 136 valence electrons. The molecule has 0 bridgehead atoms. The number of nitro benzene ring substituents is 1. The summed E-state index contributed by atoms with van der Waals surface area (Å²) in [4.78, 5) is 30.6. The normalized spacial score (nSPS) is 19.6. The Kier molecular flexibility index (Phi) is 5.62. The summed E-state index contributed by atoms with van der Waals surface area (Å²) in [6.45, 7) is 0. The first kappa shape index (κ1) is 18.1. The van der Waals surface area contributed by atoms with Crippen LogP contribution in [0, 0.1) is 10.1 Å². The van der Waals surface area contributed by atoms with Crippen LogP contribution in [0.2, 0.25) is 5.02 Å². The fourth-order valence-electron chi connectivity index (χ4n) is 2.86. The molecule has 0 spiro atoms. The molecule has 0 atom stereocenters. The number of hydrogen-bond donors (Lipinski definition) is 1. The van der Waals surface area contributed by atoms with E-state index >= 15 is 0 Å². The van der Waals surface area contributed by atoms with Gasteiger partial charge < -0.3 is 10.1 Å². The number of hydrogen-bond acceptors (Lipinski definition) is 6. The first-order valence-electron chi connectivity index (χ1n) is 8.21. The van der Waals surface area contributed by atoms with Gasteiger partial charge in [0, 0.05) is 23.7 Å². The third kappa shape index (κ3) is 4.66. The van der Waals surface area contributed by atoms with Crippen LogP contribution < -0.4 is 10.1 Å². The lowest BCUT2D eigenvalue weighted by molar-refractivity contribution is -0.384. The Hall–Kier alpha value is -2.74. The minimum Gasteiger partial charge on any atom is -0.460 e. The maximum absolute atomic E-state index is 12.3. The molecule has 0 saturated heterocycles. The molecule has 1 aromatic heterocycles. The number of nitrogens with zero attached hydrogens (tertiary/aromatic N) is 3. The zero-order chi connectivity index (χ0) is 18.5. The summed E-state index contributed by atoms with van der Waals surface area (Å²) in [5.74, 6) is -0.306. The van der Waals surface area contributed by atoms with Crippen molar-refractivity contribution < 1.29 is 14.5 Å². The van der Waals surface area contributed by atoms with Gasteiger partial charge in [-0.05, 0) is 31.7 Å². The number of carbonyl (C=O) groups excluding carboxylic acids is 1. The van der Waals surface area contributed by atoms with Gasteiger partial charge in [-0.1, -0.05) is 17.7 Å². The smallest absolute Gasteiger partial charge is 0.316 e. The van der Waals surface area contributed by atoms with E-state index in [-0.39, 0.29) is 29.3 Å². The summed E-state index contributed by atoms with van der Waals surface area (Å²) in [5.41, 5.74) is 0.185. The number of amides is 1. The zero-order valence-corrected chi connectivity index (χ0v) is 14.6. The van der Waals surface area contributed by atoms with Crippen LogP contribution in [0.15, 0.2) is 36.7 Å². The first-order chi connectivity index (χ1) is 12.5. The molecule has 1 heterocycles. The average Bonchev–Trinajstić information content (AvgIpc) is 2.65. The predicted octanol–water partition coefficient (Wildman–Crippen LogP) is 3.16. The van der Waals surface area contributed by atoms with Crippen molar-refractivity contribution in [3.8, 4) is 6.01 Å². The molecule has 0 radical (unpaired) electrons. The van der Waals surface area contributed by atoms with Gasteiger partial charge in [0.1, 0.15) is 6.10 Å². The van der Waals surface area contributed by atoms with Crippen molar-refractivity contribution in [2.24, 2.45) is 0 Å². The molecule has 9 heteroatoms. The Balaban J connectivity index is 1.50. The van der Waals surface area contributed by atoms with Crippen LogP contribution in [0.25, 0.3) is 0 Å². The Morgan fingerprint density at radius 2 is 1.92 bits per heavy atom. The molecule has 1 saturated carbocycles. The number of carbonyl (C=O) groups is 1. The predicted molar refractivity (Wildman–Crippen MR) is 94.3 cm³/mol. The van der Waals surface area contributed by atoms with E-state index in [0.29, 0.717) is 11.0 Å². The minimum absolute atomic E-state index is 0.00717. The maximum Gasteiger partial charge on any atom is 0.316 e. The van der Waals surface area contributed by atoms with E-state index in [1.165, 1.54) is 30.6 Å². The molecule has 1 N–H and O–H groups in total. The van der Waals surface area contributed by atoms with Crippen LogP contribution in [-0.4, -0.2) is 32.9 Å². The van der Waals surface area contributed by atoms with Crippen molar-refractivity contribution in [3.05, 3.63) is 57.4 Å². The molecule has 1 aliphatic rings. The number of nitrogens with one attached hydrogen (secondary N) is 1. The van der Waals surface area contributed by atoms with E-state index in [0.717, 1.165) is 25.7 Å². The van der Waals surface area contributed by atoms with Gasteiger partial charge in [-0.15, -0.1) is 0 Å². The molecule has 1 fully saturated rings. The van der Waals surface area contributed by atoms with Crippen LogP contribution in [0.5, 0.6) is 6.01 Å². The molecule has 1 aromatic carbocycles. The molecule has 1 amide bonds. The lowest BCUT2D eigenvalue weighted by Gasteiger charge is -2.28. The molecular formula is C17H17ClN4O4. The molecule has 26 heavy (non-hydrogen) atoms. The first-order valence-corrected chi connectivity index (χ1v) is 8.58. The summed E-state index contributed by atoms with van der Waals surface area (Å²) in [5, 5.41) is 14.2. The van der Waals surface area contributed by atoms with Crippen molar-refractivity contribution in [2.75, 3.05) is 0 Å². The van der Waals surface area contributed by atoms with Crippen LogP contribution in [-0.2, 0) is 0 Å². The average molecular weight is 377 g/mol. The van der Waals surface area contributed by atoms with E-state index in [4.69, 9.17) is 16.3 Å². The third-order valence-corrected chi connectivity index (χ3v) is 4.39. The maximum atomic E-state index is 12.3. The largest absolute Gasteiger partial charge is 0.460 e. The minimum atomic E-state index is -0.516. The van der Waals surface area contributed by atoms with Crippen molar-refractivity contribution in [3.63, 3.8) is 0 Å². The van der Waals surface area contributed by atoms with Crippen LogP contribution >= 0.6 is 11.6 Å². The topological polar surface area (TPSA) is 107 Å². The van der Waals surface area contributed by atoms with E-state index in [9.17, 15) is 14.9 Å². The quantitative estimate of drug-likeness (QED) is 0.634. The van der Waals surface area contributed by atoms with Crippen molar-refractivity contribution >= 4 is 23.2 Å². The standard InChI is InChI=1S/C17H17ClN4O4/c18-12-9-19-17(20-10-12)26-15-6-4-13(5-7-15)21-16(23)11-2-1-3-14(8-11)22(24)25/h1-3,8-10,13,15H,4-7H2,(H,21,23). The van der Waals surface area contributed by atoms with Crippen molar-refractivity contribution in [1.29, 1.82) is 0 Å². The lowest BCUT2D eigenvalue weighted by Crippen LogP contribution is -2.39. The fourth-order valence-corrected chi connectivity index (χ4v) is 2.96. The van der Waals surface area contributed by atoms with Crippen LogP contribution in [0.4, 0.5) is 5.69 Å². The van der Waals surface area contributed by atoms with E-state index in [2.05, 4.69) is 15.3 Å². The highest BCUT2D eigenvalue weighted by atomic mass is 35.5. The summed E-state index contributed by atoms with van der Waals surface area (Å²) >= 11 is 5.74. The number of benzene rings is 1. The number of halogens is 1. The molecular weight excluding hydrogens is 360 g/mol. The summed E-state index contributed by atoms with van der Waals surface area (Å²) < 4.78 is 5.72. The second kappa shape index (κ2) is 8.09. The second-order valence-electron chi connectivity index (χ2n) is 6.06.